The number of ether oxygens (including phenoxy) is 1. The standard InChI is InChI=1S/C12H21N3O2S/c1-4-16-7-5-6-13-12(18)14-8-11-9(2)15-17-10(11)3/h4-8H2,1-3H3,(H2,13,14,18). The first kappa shape index (κ1) is 14.9. The molecular weight excluding hydrogens is 250 g/mol. The molecule has 0 amide bonds. The van der Waals surface area contributed by atoms with Crippen LogP contribution in [0, 0.1) is 13.8 Å². The van der Waals surface area contributed by atoms with E-state index >= 15 is 0 Å². The lowest BCUT2D eigenvalue weighted by Crippen LogP contribution is -2.35. The van der Waals surface area contributed by atoms with Crippen LogP contribution in [0.2, 0.25) is 0 Å². The minimum Gasteiger partial charge on any atom is -0.382 e. The summed E-state index contributed by atoms with van der Waals surface area (Å²) >= 11 is 5.18. The molecule has 18 heavy (non-hydrogen) atoms. The van der Waals surface area contributed by atoms with Gasteiger partial charge in [0.25, 0.3) is 0 Å². The average molecular weight is 271 g/mol. The fourth-order valence-corrected chi connectivity index (χ4v) is 1.68. The summed E-state index contributed by atoms with van der Waals surface area (Å²) in [6.07, 6.45) is 0.945. The Balaban J connectivity index is 2.17. The molecule has 102 valence electrons. The molecule has 0 spiro atoms. The molecule has 0 fully saturated rings. The van der Waals surface area contributed by atoms with Crippen LogP contribution in [-0.4, -0.2) is 30.0 Å². The molecule has 0 bridgehead atoms. The maximum Gasteiger partial charge on any atom is 0.166 e. The van der Waals surface area contributed by atoms with Crippen molar-refractivity contribution in [2.75, 3.05) is 19.8 Å². The first-order valence-corrected chi connectivity index (χ1v) is 6.57. The third-order valence-electron chi connectivity index (χ3n) is 2.56. The fourth-order valence-electron chi connectivity index (χ4n) is 1.51. The van der Waals surface area contributed by atoms with E-state index in [0.29, 0.717) is 11.7 Å². The highest BCUT2D eigenvalue weighted by atomic mass is 32.1. The normalized spacial score (nSPS) is 10.4. The van der Waals surface area contributed by atoms with Gasteiger partial charge in [-0.15, -0.1) is 0 Å². The smallest absolute Gasteiger partial charge is 0.166 e. The third kappa shape index (κ3) is 5.01. The summed E-state index contributed by atoms with van der Waals surface area (Å²) in [6.45, 7) is 8.78. The molecule has 1 aromatic heterocycles. The maximum absolute atomic E-state index is 5.24. The molecule has 0 aliphatic rings. The molecular formula is C12H21N3O2S. The van der Waals surface area contributed by atoms with E-state index in [1.807, 2.05) is 20.8 Å². The molecule has 1 heterocycles. The van der Waals surface area contributed by atoms with Crippen molar-refractivity contribution < 1.29 is 9.26 Å². The molecule has 1 rings (SSSR count). The largest absolute Gasteiger partial charge is 0.382 e. The monoisotopic (exact) mass is 271 g/mol. The zero-order valence-corrected chi connectivity index (χ0v) is 12.0. The highest BCUT2D eigenvalue weighted by Crippen LogP contribution is 2.11. The molecule has 6 heteroatoms. The van der Waals surface area contributed by atoms with Crippen molar-refractivity contribution in [3.8, 4) is 0 Å². The van der Waals surface area contributed by atoms with E-state index < -0.39 is 0 Å². The number of rotatable bonds is 7. The van der Waals surface area contributed by atoms with Crippen molar-refractivity contribution in [3.63, 3.8) is 0 Å². The van der Waals surface area contributed by atoms with Gasteiger partial charge in [0, 0.05) is 31.9 Å². The van der Waals surface area contributed by atoms with Crippen LogP contribution in [0.25, 0.3) is 0 Å². The van der Waals surface area contributed by atoms with Gasteiger partial charge in [-0.2, -0.15) is 0 Å². The van der Waals surface area contributed by atoms with Gasteiger partial charge < -0.3 is 19.9 Å². The van der Waals surface area contributed by atoms with Gasteiger partial charge in [0.15, 0.2) is 5.11 Å². The van der Waals surface area contributed by atoms with Gasteiger partial charge in [-0.1, -0.05) is 5.16 Å². The quantitative estimate of drug-likeness (QED) is 0.581. The molecule has 1 aromatic rings. The van der Waals surface area contributed by atoms with E-state index in [-0.39, 0.29) is 0 Å². The zero-order valence-electron chi connectivity index (χ0n) is 11.2. The lowest BCUT2D eigenvalue weighted by atomic mass is 10.2. The predicted octanol–water partition coefficient (Wildman–Crippen LogP) is 1.68. The molecule has 0 aromatic carbocycles. The number of aromatic nitrogens is 1. The first-order valence-electron chi connectivity index (χ1n) is 6.16. The van der Waals surface area contributed by atoms with Gasteiger partial charge in [0.2, 0.25) is 0 Å². The molecule has 0 atom stereocenters. The van der Waals surface area contributed by atoms with Crippen LogP contribution >= 0.6 is 12.2 Å². The highest BCUT2D eigenvalue weighted by Gasteiger charge is 2.08. The van der Waals surface area contributed by atoms with Crippen molar-refractivity contribution in [1.82, 2.24) is 15.8 Å². The second-order valence-electron chi connectivity index (χ2n) is 3.96. The van der Waals surface area contributed by atoms with Gasteiger partial charge in [0.05, 0.1) is 5.69 Å². The summed E-state index contributed by atoms with van der Waals surface area (Å²) in [5.41, 5.74) is 1.97. The summed E-state index contributed by atoms with van der Waals surface area (Å²) in [5, 5.41) is 10.8. The number of nitrogens with one attached hydrogen (secondary N) is 2. The van der Waals surface area contributed by atoms with Crippen LogP contribution in [0.3, 0.4) is 0 Å². The van der Waals surface area contributed by atoms with Crippen molar-refractivity contribution >= 4 is 17.3 Å². The molecule has 0 unspecified atom stereocenters. The molecule has 5 nitrogen and oxygen atoms in total. The number of hydrogen-bond acceptors (Lipinski definition) is 4. The van der Waals surface area contributed by atoms with Gasteiger partial charge in [0.1, 0.15) is 5.76 Å². The van der Waals surface area contributed by atoms with Gasteiger partial charge in [-0.25, -0.2) is 0 Å². The lowest BCUT2D eigenvalue weighted by molar-refractivity contribution is 0.145. The Morgan fingerprint density at radius 1 is 1.39 bits per heavy atom. The second kappa shape index (κ2) is 8.05. The number of nitrogens with zero attached hydrogens (tertiary/aromatic N) is 1. The fraction of sp³-hybridized carbons (Fsp3) is 0.667. The van der Waals surface area contributed by atoms with Crippen LogP contribution in [0.4, 0.5) is 0 Å². The molecule has 0 saturated heterocycles. The minimum absolute atomic E-state index is 0.637. The van der Waals surface area contributed by atoms with E-state index in [9.17, 15) is 0 Å². The van der Waals surface area contributed by atoms with Crippen molar-refractivity contribution in [3.05, 3.63) is 17.0 Å². The summed E-state index contributed by atoms with van der Waals surface area (Å²) in [4.78, 5) is 0. The van der Waals surface area contributed by atoms with Crippen LogP contribution < -0.4 is 10.6 Å². The van der Waals surface area contributed by atoms with E-state index in [1.54, 1.807) is 0 Å². The third-order valence-corrected chi connectivity index (χ3v) is 2.85. The van der Waals surface area contributed by atoms with Gasteiger partial charge in [-0.3, -0.25) is 0 Å². The lowest BCUT2D eigenvalue weighted by Gasteiger charge is -2.10. The summed E-state index contributed by atoms with van der Waals surface area (Å²) in [7, 11) is 0. The molecule has 0 aliphatic carbocycles. The Bertz CT molecular complexity index is 360. The van der Waals surface area contributed by atoms with E-state index in [1.165, 1.54) is 0 Å². The average Bonchev–Trinajstić information content (AvgIpc) is 2.66. The maximum atomic E-state index is 5.24. The van der Waals surface area contributed by atoms with Crippen molar-refractivity contribution in [2.24, 2.45) is 0 Å². The van der Waals surface area contributed by atoms with Gasteiger partial charge >= 0.3 is 0 Å². The highest BCUT2D eigenvalue weighted by molar-refractivity contribution is 7.80. The Morgan fingerprint density at radius 3 is 2.78 bits per heavy atom. The molecule has 0 aliphatic heterocycles. The Hall–Kier alpha value is -1.14. The van der Waals surface area contributed by atoms with Gasteiger partial charge in [-0.05, 0) is 39.4 Å². The Morgan fingerprint density at radius 2 is 2.17 bits per heavy atom. The summed E-state index contributed by atoms with van der Waals surface area (Å²) < 4.78 is 10.3. The second-order valence-corrected chi connectivity index (χ2v) is 4.37. The Kier molecular flexibility index (Phi) is 6.67. The summed E-state index contributed by atoms with van der Waals surface area (Å²) in [6, 6.07) is 0. The van der Waals surface area contributed by atoms with Crippen molar-refractivity contribution in [2.45, 2.75) is 33.7 Å². The van der Waals surface area contributed by atoms with Crippen LogP contribution in [0.1, 0.15) is 30.4 Å². The van der Waals surface area contributed by atoms with E-state index in [2.05, 4.69) is 15.8 Å². The van der Waals surface area contributed by atoms with Crippen molar-refractivity contribution in [1.29, 1.82) is 0 Å². The van der Waals surface area contributed by atoms with Crippen LogP contribution in [0.5, 0.6) is 0 Å². The predicted molar refractivity (Wildman–Crippen MR) is 74.5 cm³/mol. The van der Waals surface area contributed by atoms with Crippen LogP contribution in [-0.2, 0) is 11.3 Å². The topological polar surface area (TPSA) is 59.3 Å². The van der Waals surface area contributed by atoms with Crippen LogP contribution in [0.15, 0.2) is 4.52 Å². The molecule has 2 N–H and O–H groups in total. The molecule has 0 saturated carbocycles. The summed E-state index contributed by atoms with van der Waals surface area (Å²) in [5.74, 6) is 0.833. The number of aryl methyl sites for hydroxylation is 2. The SMILES string of the molecule is CCOCCCNC(=S)NCc1c(C)noc1C. The number of thiocarbonyl (C=S) groups is 1. The zero-order chi connectivity index (χ0) is 13.4. The Labute approximate surface area is 113 Å². The first-order chi connectivity index (χ1) is 8.65. The minimum atomic E-state index is 0.637. The number of hydrogen-bond donors (Lipinski definition) is 2. The van der Waals surface area contributed by atoms with E-state index in [4.69, 9.17) is 21.5 Å². The van der Waals surface area contributed by atoms with E-state index in [0.717, 1.165) is 43.2 Å². The molecule has 0 radical (unpaired) electrons.